The highest BCUT2D eigenvalue weighted by atomic mass is 16.6. The van der Waals surface area contributed by atoms with Crippen LogP contribution in [0, 0.1) is 32.1 Å². The van der Waals surface area contributed by atoms with Crippen LogP contribution in [0.5, 0.6) is 11.5 Å². The second kappa shape index (κ2) is 5.80. The fourth-order valence-electron chi connectivity index (χ4n) is 1.65. The predicted octanol–water partition coefficient (Wildman–Crippen LogP) is 2.31. The summed E-state index contributed by atoms with van der Waals surface area (Å²) < 4.78 is 0. The molecule has 0 saturated heterocycles. The van der Waals surface area contributed by atoms with E-state index in [0.717, 1.165) is 24.3 Å². The van der Waals surface area contributed by atoms with Gasteiger partial charge in [-0.2, -0.15) is 0 Å². The summed E-state index contributed by atoms with van der Waals surface area (Å²) in [5.74, 6) is 4.24. The molecule has 0 radical (unpaired) electrons. The van der Waals surface area contributed by atoms with Crippen LogP contribution >= 0.6 is 0 Å². The molecule has 0 aliphatic heterocycles. The van der Waals surface area contributed by atoms with E-state index in [4.69, 9.17) is 0 Å². The minimum Gasteiger partial charge on any atom is -0.502 e. The lowest BCUT2D eigenvalue weighted by Crippen LogP contribution is -1.90. The average Bonchev–Trinajstić information content (AvgIpc) is 2.45. The van der Waals surface area contributed by atoms with Crippen molar-refractivity contribution in [2.75, 3.05) is 0 Å². The van der Waals surface area contributed by atoms with Crippen LogP contribution in [0.1, 0.15) is 11.1 Å². The number of hydrogen-bond acceptors (Lipinski definition) is 6. The molecule has 0 aromatic heterocycles. The molecule has 2 N–H and O–H groups in total. The molecule has 0 aliphatic rings. The maximum Gasteiger partial charge on any atom is 0.311 e. The van der Waals surface area contributed by atoms with Crippen molar-refractivity contribution in [2.45, 2.75) is 0 Å². The minimum absolute atomic E-state index is 0.280. The van der Waals surface area contributed by atoms with Crippen molar-refractivity contribution in [3.05, 3.63) is 67.8 Å². The molecule has 0 aliphatic carbocycles. The maximum atomic E-state index is 10.7. The molecule has 0 heterocycles. The Bertz CT molecular complexity index is 835. The molecule has 0 unspecified atom stereocenters. The van der Waals surface area contributed by atoms with Crippen LogP contribution < -0.4 is 0 Å². The van der Waals surface area contributed by atoms with Crippen molar-refractivity contribution in [1.29, 1.82) is 0 Å². The molecule has 8 nitrogen and oxygen atoms in total. The third kappa shape index (κ3) is 3.10. The molecular formula is C14H8N2O6. The molecule has 8 heteroatoms. The highest BCUT2D eigenvalue weighted by Crippen LogP contribution is 2.27. The van der Waals surface area contributed by atoms with Crippen LogP contribution in [0.4, 0.5) is 11.4 Å². The first-order valence-electron chi connectivity index (χ1n) is 5.85. The molecule has 0 bridgehead atoms. The number of phenols is 2. The van der Waals surface area contributed by atoms with Crippen LogP contribution in [0.3, 0.4) is 0 Å². The van der Waals surface area contributed by atoms with Crippen LogP contribution in [0.15, 0.2) is 36.4 Å². The number of nitrogens with zero attached hydrogens (tertiary/aromatic N) is 2. The Hall–Kier alpha value is -3.60. The summed E-state index contributed by atoms with van der Waals surface area (Å²) in [6, 6.07) is 7.22. The maximum absolute atomic E-state index is 10.7. The molecule has 110 valence electrons. The van der Waals surface area contributed by atoms with Gasteiger partial charge in [0.1, 0.15) is 0 Å². The van der Waals surface area contributed by atoms with Gasteiger partial charge in [-0.15, -0.1) is 0 Å². The smallest absolute Gasteiger partial charge is 0.311 e. The number of nitro groups is 2. The monoisotopic (exact) mass is 300 g/mol. The van der Waals surface area contributed by atoms with Gasteiger partial charge in [-0.05, 0) is 18.2 Å². The average molecular weight is 300 g/mol. The Balaban J connectivity index is 2.35. The number of rotatable bonds is 2. The Kier molecular flexibility index (Phi) is 3.90. The fraction of sp³-hybridized carbons (Fsp3) is 0. The van der Waals surface area contributed by atoms with E-state index < -0.39 is 32.7 Å². The molecule has 0 amide bonds. The van der Waals surface area contributed by atoms with Gasteiger partial charge in [-0.3, -0.25) is 20.2 Å². The van der Waals surface area contributed by atoms with E-state index in [1.165, 1.54) is 12.1 Å². The van der Waals surface area contributed by atoms with Crippen molar-refractivity contribution in [2.24, 2.45) is 0 Å². The van der Waals surface area contributed by atoms with Crippen LogP contribution in [0.2, 0.25) is 0 Å². The third-order valence-electron chi connectivity index (χ3n) is 2.70. The summed E-state index contributed by atoms with van der Waals surface area (Å²) in [5, 5.41) is 40.1. The lowest BCUT2D eigenvalue weighted by Gasteiger charge is -1.97. The Morgan fingerprint density at radius 2 is 1.32 bits per heavy atom. The van der Waals surface area contributed by atoms with E-state index in [0.29, 0.717) is 5.56 Å². The highest BCUT2D eigenvalue weighted by Gasteiger charge is 2.13. The van der Waals surface area contributed by atoms with Crippen molar-refractivity contribution in [3.8, 4) is 23.3 Å². The third-order valence-corrected chi connectivity index (χ3v) is 2.70. The predicted molar refractivity (Wildman–Crippen MR) is 75.5 cm³/mol. The van der Waals surface area contributed by atoms with Gasteiger partial charge in [0, 0.05) is 29.3 Å². The summed E-state index contributed by atoms with van der Waals surface area (Å²) in [6.07, 6.45) is 0. The van der Waals surface area contributed by atoms with Gasteiger partial charge in [0.15, 0.2) is 11.5 Å². The first-order chi connectivity index (χ1) is 10.4. The van der Waals surface area contributed by atoms with Crippen LogP contribution in [-0.4, -0.2) is 20.1 Å². The quantitative estimate of drug-likeness (QED) is 0.497. The van der Waals surface area contributed by atoms with Gasteiger partial charge in [0.25, 0.3) is 0 Å². The number of benzene rings is 2. The summed E-state index contributed by atoms with van der Waals surface area (Å²) in [6.45, 7) is 0. The molecular weight excluding hydrogens is 292 g/mol. The Morgan fingerprint density at radius 1 is 0.773 bits per heavy atom. The molecule has 2 aromatic carbocycles. The number of phenolic OH excluding ortho intramolecular Hbond substituents is 2. The summed E-state index contributed by atoms with van der Waals surface area (Å²) in [4.78, 5) is 19.8. The first-order valence-corrected chi connectivity index (χ1v) is 5.85. The van der Waals surface area contributed by atoms with E-state index in [1.54, 1.807) is 0 Å². The molecule has 2 aromatic rings. The first kappa shape index (κ1) is 14.8. The SMILES string of the molecule is O=[N+]([O-])c1ccc(C#Cc2ccc(O)c([N+](=O)[O-])c2)cc1O. The summed E-state index contributed by atoms with van der Waals surface area (Å²) >= 11 is 0. The minimum atomic E-state index is -0.738. The molecule has 0 fully saturated rings. The molecule has 22 heavy (non-hydrogen) atoms. The normalized spacial score (nSPS) is 9.64. The zero-order valence-corrected chi connectivity index (χ0v) is 10.9. The summed E-state index contributed by atoms with van der Waals surface area (Å²) in [5.41, 5.74) is -0.328. The Morgan fingerprint density at radius 3 is 1.86 bits per heavy atom. The molecule has 0 spiro atoms. The fourth-order valence-corrected chi connectivity index (χ4v) is 1.65. The van der Waals surface area contributed by atoms with E-state index in [1.807, 2.05) is 0 Å². The van der Waals surface area contributed by atoms with Crippen LogP contribution in [0.25, 0.3) is 0 Å². The second-order valence-corrected chi connectivity index (χ2v) is 4.17. The molecule has 0 atom stereocenters. The van der Waals surface area contributed by atoms with Crippen molar-refractivity contribution in [1.82, 2.24) is 0 Å². The zero-order valence-electron chi connectivity index (χ0n) is 10.9. The van der Waals surface area contributed by atoms with Gasteiger partial charge in [-0.1, -0.05) is 11.8 Å². The number of nitro benzene ring substituents is 2. The second-order valence-electron chi connectivity index (χ2n) is 4.17. The van der Waals surface area contributed by atoms with E-state index in [9.17, 15) is 30.4 Å². The van der Waals surface area contributed by atoms with Crippen molar-refractivity contribution in [3.63, 3.8) is 0 Å². The van der Waals surface area contributed by atoms with Crippen molar-refractivity contribution < 1.29 is 20.1 Å². The largest absolute Gasteiger partial charge is 0.502 e. The summed E-state index contributed by atoms with van der Waals surface area (Å²) in [7, 11) is 0. The lowest BCUT2D eigenvalue weighted by molar-refractivity contribution is -0.386. The Labute approximate surface area is 123 Å². The number of hydrogen-bond donors (Lipinski definition) is 2. The van der Waals surface area contributed by atoms with Gasteiger partial charge >= 0.3 is 11.4 Å². The zero-order chi connectivity index (χ0) is 16.3. The highest BCUT2D eigenvalue weighted by molar-refractivity contribution is 5.55. The van der Waals surface area contributed by atoms with Crippen LogP contribution in [-0.2, 0) is 0 Å². The van der Waals surface area contributed by atoms with Gasteiger partial charge in [0.05, 0.1) is 9.85 Å². The lowest BCUT2D eigenvalue weighted by atomic mass is 10.1. The molecule has 2 rings (SSSR count). The van der Waals surface area contributed by atoms with Gasteiger partial charge in [-0.25, -0.2) is 0 Å². The standard InChI is InChI=1S/C14H8N2O6/c17-13-6-4-9(7-12(13)16(21)22)1-2-10-3-5-11(15(19)20)14(18)8-10/h3-8,17-18H. The van der Waals surface area contributed by atoms with E-state index in [-0.39, 0.29) is 5.56 Å². The topological polar surface area (TPSA) is 127 Å². The van der Waals surface area contributed by atoms with Crippen molar-refractivity contribution >= 4 is 11.4 Å². The van der Waals surface area contributed by atoms with E-state index in [2.05, 4.69) is 11.8 Å². The van der Waals surface area contributed by atoms with Gasteiger partial charge in [0.2, 0.25) is 0 Å². The van der Waals surface area contributed by atoms with Gasteiger partial charge < -0.3 is 10.2 Å². The number of aromatic hydroxyl groups is 2. The van der Waals surface area contributed by atoms with E-state index >= 15 is 0 Å². The molecule has 0 saturated carbocycles.